The highest BCUT2D eigenvalue weighted by Crippen LogP contribution is 2.36. The van der Waals surface area contributed by atoms with Crippen molar-refractivity contribution in [2.45, 2.75) is 51.8 Å². The summed E-state index contributed by atoms with van der Waals surface area (Å²) in [5.41, 5.74) is -1.03. The summed E-state index contributed by atoms with van der Waals surface area (Å²) in [6.45, 7) is 4.38. The number of nitrogens with zero attached hydrogens (tertiary/aromatic N) is 2. The number of oxazole rings is 1. The van der Waals surface area contributed by atoms with Crippen molar-refractivity contribution in [2.24, 2.45) is 5.41 Å². The highest BCUT2D eigenvalue weighted by molar-refractivity contribution is 6.04. The minimum atomic E-state index is -4.92. The highest BCUT2D eigenvalue weighted by Gasteiger charge is 2.42. The van der Waals surface area contributed by atoms with Gasteiger partial charge in [-0.25, -0.2) is 4.98 Å². The monoisotopic (exact) mass is 573 g/mol. The Morgan fingerprint density at radius 3 is 2.39 bits per heavy atom. The van der Waals surface area contributed by atoms with Gasteiger partial charge < -0.3 is 24.5 Å². The van der Waals surface area contributed by atoms with Gasteiger partial charge in [-0.1, -0.05) is 32.0 Å². The van der Waals surface area contributed by atoms with Crippen LogP contribution in [0.1, 0.15) is 55.8 Å². The molecule has 0 saturated carbocycles. The van der Waals surface area contributed by atoms with Crippen LogP contribution in [-0.4, -0.2) is 52.0 Å². The summed E-state index contributed by atoms with van der Waals surface area (Å²) in [6.07, 6.45) is -3.81. The lowest BCUT2D eigenvalue weighted by Gasteiger charge is -2.35. The van der Waals surface area contributed by atoms with Crippen molar-refractivity contribution < 1.29 is 41.8 Å². The molecule has 4 rings (SSSR count). The first-order valence-corrected chi connectivity index (χ1v) is 13.0. The minimum absolute atomic E-state index is 0.106. The first kappa shape index (κ1) is 29.6. The quantitative estimate of drug-likeness (QED) is 0.328. The van der Waals surface area contributed by atoms with Gasteiger partial charge in [-0.15, -0.1) is 0 Å². The van der Waals surface area contributed by atoms with Gasteiger partial charge in [0.1, 0.15) is 11.9 Å². The highest BCUT2D eigenvalue weighted by atomic mass is 19.4. The maximum atomic E-state index is 13.6. The zero-order valence-corrected chi connectivity index (χ0v) is 22.5. The molecule has 1 fully saturated rings. The Labute approximate surface area is 234 Å². The van der Waals surface area contributed by atoms with Gasteiger partial charge in [-0.05, 0) is 54.7 Å². The Bertz CT molecular complexity index is 1390. The number of hydrogen-bond donors (Lipinski definition) is 2. The second-order valence-corrected chi connectivity index (χ2v) is 10.7. The number of piperidine rings is 1. The molecule has 0 spiro atoms. The normalized spacial score (nSPS) is 15.8. The molecule has 0 radical (unpaired) electrons. The van der Waals surface area contributed by atoms with E-state index in [0.717, 1.165) is 0 Å². The zero-order valence-electron chi connectivity index (χ0n) is 22.5. The maximum Gasteiger partial charge on any atom is 0.452 e. The number of carboxylic acid groups (broad SMARTS) is 1. The molecular formula is C29H30F3N3O6. The maximum absolute atomic E-state index is 13.6. The number of alkyl halides is 3. The molecule has 2 aromatic carbocycles. The largest absolute Gasteiger partial charge is 0.489 e. The first-order chi connectivity index (χ1) is 19.3. The van der Waals surface area contributed by atoms with Crippen LogP contribution in [0.25, 0.3) is 11.5 Å². The van der Waals surface area contributed by atoms with Gasteiger partial charge in [0, 0.05) is 24.2 Å². The van der Waals surface area contributed by atoms with Crippen LogP contribution in [0.15, 0.2) is 59.0 Å². The predicted octanol–water partition coefficient (Wildman–Crippen LogP) is 5.87. The van der Waals surface area contributed by atoms with E-state index in [9.17, 15) is 27.6 Å². The molecule has 0 aliphatic carbocycles. The number of anilines is 1. The fraction of sp³-hybridized carbons (Fsp3) is 0.379. The molecule has 218 valence electrons. The van der Waals surface area contributed by atoms with Gasteiger partial charge in [-0.3, -0.25) is 14.4 Å². The molecule has 2 amide bonds. The molecular weight excluding hydrogens is 543 g/mol. The van der Waals surface area contributed by atoms with Crippen LogP contribution in [0.4, 0.5) is 18.9 Å². The van der Waals surface area contributed by atoms with Crippen molar-refractivity contribution in [3.05, 3.63) is 66.1 Å². The molecule has 41 heavy (non-hydrogen) atoms. The minimum Gasteiger partial charge on any atom is -0.489 e. The number of aromatic nitrogens is 1. The smallest absolute Gasteiger partial charge is 0.452 e. The van der Waals surface area contributed by atoms with Crippen LogP contribution in [0, 0.1) is 5.41 Å². The number of aliphatic carboxylic acids is 1. The number of hydrogen-bond acceptors (Lipinski definition) is 6. The van der Waals surface area contributed by atoms with Crippen molar-refractivity contribution in [2.75, 3.05) is 18.4 Å². The summed E-state index contributed by atoms with van der Waals surface area (Å²) in [5.74, 6) is -3.53. The van der Waals surface area contributed by atoms with Crippen molar-refractivity contribution in [1.29, 1.82) is 0 Å². The van der Waals surface area contributed by atoms with E-state index in [-0.39, 0.29) is 36.4 Å². The lowest BCUT2D eigenvalue weighted by molar-refractivity contribution is -0.153. The van der Waals surface area contributed by atoms with Crippen LogP contribution in [0.5, 0.6) is 5.75 Å². The number of amides is 2. The van der Waals surface area contributed by atoms with Crippen LogP contribution in [-0.2, 0) is 15.8 Å². The third-order valence-corrected chi connectivity index (χ3v) is 6.53. The van der Waals surface area contributed by atoms with Crippen LogP contribution in [0.3, 0.4) is 0 Å². The van der Waals surface area contributed by atoms with Gasteiger partial charge >= 0.3 is 12.1 Å². The zero-order chi connectivity index (χ0) is 29.8. The van der Waals surface area contributed by atoms with E-state index in [1.165, 1.54) is 24.3 Å². The van der Waals surface area contributed by atoms with E-state index in [4.69, 9.17) is 14.3 Å². The fourth-order valence-electron chi connectivity index (χ4n) is 4.62. The predicted molar refractivity (Wildman–Crippen MR) is 142 cm³/mol. The molecule has 1 saturated heterocycles. The molecule has 1 atom stereocenters. The molecule has 0 bridgehead atoms. The number of nitrogens with one attached hydrogen (secondary N) is 1. The van der Waals surface area contributed by atoms with Crippen LogP contribution in [0.2, 0.25) is 0 Å². The van der Waals surface area contributed by atoms with E-state index < -0.39 is 34.9 Å². The molecule has 12 heteroatoms. The Kier molecular flexibility index (Phi) is 8.69. The first-order valence-electron chi connectivity index (χ1n) is 13.0. The lowest BCUT2D eigenvalue weighted by atomic mass is 9.85. The number of halogens is 3. The summed E-state index contributed by atoms with van der Waals surface area (Å²) in [7, 11) is 0. The molecule has 1 aliphatic heterocycles. The van der Waals surface area contributed by atoms with Crippen LogP contribution >= 0.6 is 0 Å². The van der Waals surface area contributed by atoms with Crippen LogP contribution < -0.4 is 10.1 Å². The number of benzene rings is 2. The standard InChI is InChI=1S/C29H30F3N3O6/c1-28(2,16-23(37)38)15-22(36)35-14-6-9-21(17-35)40-20-12-10-19(11-13-20)33-26(39)24-25(29(30,31)32)41-27(34-24)18-7-4-3-5-8-18/h3-5,7-8,10-13,21H,6,9,14-17H2,1-2H3,(H,33,39)(H,37,38). The Morgan fingerprint density at radius 1 is 1.07 bits per heavy atom. The SMILES string of the molecule is CC(C)(CC(=O)O)CC(=O)N1CCCC(Oc2ccc(NC(=O)c3nc(-c4ccccc4)oc3C(F)(F)F)cc2)C1. The van der Waals surface area contributed by atoms with Crippen molar-refractivity contribution in [1.82, 2.24) is 9.88 Å². The summed E-state index contributed by atoms with van der Waals surface area (Å²) in [6, 6.07) is 14.1. The van der Waals surface area contributed by atoms with E-state index in [1.54, 1.807) is 49.1 Å². The fourth-order valence-corrected chi connectivity index (χ4v) is 4.62. The average Bonchev–Trinajstić information content (AvgIpc) is 3.36. The van der Waals surface area contributed by atoms with E-state index >= 15 is 0 Å². The second-order valence-electron chi connectivity index (χ2n) is 10.7. The van der Waals surface area contributed by atoms with E-state index in [2.05, 4.69) is 10.3 Å². The number of rotatable bonds is 9. The number of carboxylic acids is 1. The molecule has 1 aliphatic rings. The Morgan fingerprint density at radius 2 is 1.76 bits per heavy atom. The van der Waals surface area contributed by atoms with Gasteiger partial charge in [0.05, 0.1) is 13.0 Å². The van der Waals surface area contributed by atoms with E-state index in [1.807, 2.05) is 0 Å². The van der Waals surface area contributed by atoms with E-state index in [0.29, 0.717) is 37.2 Å². The average molecular weight is 574 g/mol. The summed E-state index contributed by atoms with van der Waals surface area (Å²) in [4.78, 5) is 42.1. The number of ether oxygens (including phenoxy) is 1. The number of likely N-dealkylation sites (tertiary alicyclic amines) is 1. The van der Waals surface area contributed by atoms with Gasteiger partial charge in [0.2, 0.25) is 17.6 Å². The summed E-state index contributed by atoms with van der Waals surface area (Å²) >= 11 is 0. The third kappa shape index (κ3) is 7.86. The van der Waals surface area contributed by atoms with Gasteiger partial charge in [0.15, 0.2) is 5.69 Å². The van der Waals surface area contributed by atoms with Gasteiger partial charge in [-0.2, -0.15) is 13.2 Å². The van der Waals surface area contributed by atoms with Crippen molar-refractivity contribution in [3.8, 4) is 17.2 Å². The second kappa shape index (κ2) is 12.0. The van der Waals surface area contributed by atoms with Gasteiger partial charge in [0.25, 0.3) is 5.91 Å². The molecule has 1 unspecified atom stereocenters. The van der Waals surface area contributed by atoms with Crippen molar-refractivity contribution in [3.63, 3.8) is 0 Å². The number of carbonyl (C=O) groups is 3. The molecule has 1 aromatic heterocycles. The third-order valence-electron chi connectivity index (χ3n) is 6.53. The lowest BCUT2D eigenvalue weighted by Crippen LogP contribution is -2.45. The number of carbonyl (C=O) groups excluding carboxylic acids is 2. The molecule has 2 N–H and O–H groups in total. The molecule has 3 aromatic rings. The molecule has 2 heterocycles. The summed E-state index contributed by atoms with van der Waals surface area (Å²) < 4.78 is 51.7. The molecule has 9 nitrogen and oxygen atoms in total. The Hall–Kier alpha value is -4.35. The van der Waals surface area contributed by atoms with Crippen molar-refractivity contribution >= 4 is 23.5 Å². The Balaban J connectivity index is 1.38. The summed E-state index contributed by atoms with van der Waals surface area (Å²) in [5, 5.41) is 11.5. The topological polar surface area (TPSA) is 122 Å².